The van der Waals surface area contributed by atoms with Gasteiger partial charge >= 0.3 is 0 Å². The third-order valence-electron chi connectivity index (χ3n) is 7.72. The summed E-state index contributed by atoms with van der Waals surface area (Å²) >= 11 is 0. The maximum Gasteiger partial charge on any atom is 0.143 e. The minimum absolute atomic E-state index is 0.131. The van der Waals surface area contributed by atoms with Crippen LogP contribution in [-0.2, 0) is 0 Å². The fourth-order valence-corrected chi connectivity index (χ4v) is 6.09. The SMILES string of the molecule is [2H]c1c([2H])c([2H])c2c(-c3cccc4oc5ccccc5c34)c3c([2H])c([2H])c([2H])c([2H])c3c(-c3cccc4c3oc3ccccc34)c2c1[2H]. The highest BCUT2D eigenvalue weighted by molar-refractivity contribution is 6.27. The molecule has 0 aliphatic rings. The summed E-state index contributed by atoms with van der Waals surface area (Å²) in [5.74, 6) is 0. The summed E-state index contributed by atoms with van der Waals surface area (Å²) in [6, 6.07) is 22.8. The number of para-hydroxylation sites is 3. The summed E-state index contributed by atoms with van der Waals surface area (Å²) in [5, 5.41) is 3.59. The Kier molecular flexibility index (Phi) is 3.09. The molecule has 9 aromatic rings. The van der Waals surface area contributed by atoms with Crippen LogP contribution in [0, 0.1) is 0 Å². The van der Waals surface area contributed by atoms with E-state index in [1.165, 1.54) is 0 Å². The van der Waals surface area contributed by atoms with Crippen LogP contribution < -0.4 is 0 Å². The van der Waals surface area contributed by atoms with Gasteiger partial charge in [-0.15, -0.1) is 0 Å². The Morgan fingerprint density at radius 3 is 1.60 bits per heavy atom. The second kappa shape index (κ2) is 8.08. The number of benzene rings is 7. The largest absolute Gasteiger partial charge is 0.456 e. The molecule has 0 aliphatic heterocycles. The molecule has 7 aromatic carbocycles. The van der Waals surface area contributed by atoms with E-state index in [4.69, 9.17) is 14.3 Å². The van der Waals surface area contributed by atoms with Crippen LogP contribution in [0.15, 0.2) is 142 Å². The summed E-state index contributed by atoms with van der Waals surface area (Å²) < 4.78 is 84.9. The van der Waals surface area contributed by atoms with Gasteiger partial charge in [0.1, 0.15) is 22.3 Å². The molecule has 0 aliphatic carbocycles. The van der Waals surface area contributed by atoms with Gasteiger partial charge < -0.3 is 8.83 Å². The van der Waals surface area contributed by atoms with Gasteiger partial charge in [0.25, 0.3) is 0 Å². The van der Waals surface area contributed by atoms with E-state index in [9.17, 15) is 5.48 Å². The molecule has 2 aromatic heterocycles. The number of fused-ring (bicyclic) bond motifs is 8. The first kappa shape index (κ1) is 15.3. The Bertz CT molecular complexity index is 2800. The zero-order valence-corrected chi connectivity index (χ0v) is 20.9. The fourth-order valence-electron chi connectivity index (χ4n) is 6.09. The Morgan fingerprint density at radius 1 is 0.400 bits per heavy atom. The first-order chi connectivity index (χ1) is 23.2. The van der Waals surface area contributed by atoms with E-state index in [2.05, 4.69) is 0 Å². The number of hydrogen-bond acceptors (Lipinski definition) is 2. The molecule has 0 radical (unpaired) electrons. The van der Waals surface area contributed by atoms with Gasteiger partial charge in [-0.25, -0.2) is 0 Å². The molecule has 0 fully saturated rings. The summed E-state index contributed by atoms with van der Waals surface area (Å²) in [5.41, 5.74) is 3.71. The van der Waals surface area contributed by atoms with E-state index < -0.39 is 24.2 Å². The lowest BCUT2D eigenvalue weighted by Crippen LogP contribution is -1.91. The molecule has 0 unspecified atom stereocenters. The minimum Gasteiger partial charge on any atom is -0.456 e. The monoisotopic (exact) mass is 518 g/mol. The van der Waals surface area contributed by atoms with Gasteiger partial charge in [-0.2, -0.15) is 0 Å². The van der Waals surface area contributed by atoms with Crippen molar-refractivity contribution in [3.8, 4) is 22.3 Å². The van der Waals surface area contributed by atoms with Gasteiger partial charge in [-0.1, -0.05) is 115 Å². The van der Waals surface area contributed by atoms with E-state index >= 15 is 0 Å². The molecule has 0 amide bonds. The Hall–Kier alpha value is -5.34. The highest BCUT2D eigenvalue weighted by atomic mass is 16.3. The summed E-state index contributed by atoms with van der Waals surface area (Å²) in [4.78, 5) is 0. The zero-order valence-electron chi connectivity index (χ0n) is 28.9. The van der Waals surface area contributed by atoms with Gasteiger partial charge in [0.05, 0.1) is 11.0 Å². The molecule has 0 spiro atoms. The van der Waals surface area contributed by atoms with Crippen LogP contribution >= 0.6 is 0 Å². The van der Waals surface area contributed by atoms with Crippen LogP contribution in [0.5, 0.6) is 0 Å². The van der Waals surface area contributed by atoms with Crippen molar-refractivity contribution in [3.05, 3.63) is 133 Å². The van der Waals surface area contributed by atoms with Gasteiger partial charge in [0, 0.05) is 32.7 Å². The molecular formula is C38H22O2. The fraction of sp³-hybridized carbons (Fsp3) is 0. The van der Waals surface area contributed by atoms with Crippen molar-refractivity contribution < 1.29 is 19.8 Å². The molecule has 0 atom stereocenters. The van der Waals surface area contributed by atoms with Crippen molar-refractivity contribution in [2.24, 2.45) is 0 Å². The predicted octanol–water partition coefficient (Wildman–Crippen LogP) is 11.1. The Morgan fingerprint density at radius 2 is 0.900 bits per heavy atom. The third kappa shape index (κ3) is 2.88. The normalized spacial score (nSPS) is 14.8. The number of furan rings is 2. The summed E-state index contributed by atoms with van der Waals surface area (Å²) in [7, 11) is 0. The molecular weight excluding hydrogens is 488 g/mol. The quantitative estimate of drug-likeness (QED) is 0.213. The Labute approximate surface area is 240 Å². The first-order valence-corrected chi connectivity index (χ1v) is 13.0. The maximum absolute atomic E-state index is 9.33. The van der Waals surface area contributed by atoms with Crippen molar-refractivity contribution in [1.29, 1.82) is 0 Å². The van der Waals surface area contributed by atoms with Crippen LogP contribution in [0.25, 0.3) is 87.7 Å². The lowest BCUT2D eigenvalue weighted by atomic mass is 9.84. The average Bonchev–Trinajstić information content (AvgIpc) is 3.69. The lowest BCUT2D eigenvalue weighted by Gasteiger charge is -2.18. The van der Waals surface area contributed by atoms with E-state index in [1.54, 1.807) is 18.2 Å². The smallest absolute Gasteiger partial charge is 0.143 e. The summed E-state index contributed by atoms with van der Waals surface area (Å²) in [6.45, 7) is 0. The van der Waals surface area contributed by atoms with Crippen LogP contribution in [-0.4, -0.2) is 0 Å². The average molecular weight is 519 g/mol. The van der Waals surface area contributed by atoms with Crippen LogP contribution in [0.1, 0.15) is 11.0 Å². The minimum atomic E-state index is -0.455. The molecule has 9 rings (SSSR count). The molecule has 2 nitrogen and oxygen atoms in total. The van der Waals surface area contributed by atoms with Crippen molar-refractivity contribution in [2.75, 3.05) is 0 Å². The maximum atomic E-state index is 9.33. The van der Waals surface area contributed by atoms with Crippen molar-refractivity contribution >= 4 is 65.4 Å². The van der Waals surface area contributed by atoms with E-state index in [0.29, 0.717) is 38.8 Å². The van der Waals surface area contributed by atoms with Gasteiger partial charge in [0.15, 0.2) is 0 Å². The lowest BCUT2D eigenvalue weighted by molar-refractivity contribution is 0.669. The highest BCUT2D eigenvalue weighted by Crippen LogP contribution is 2.48. The molecule has 0 bridgehead atoms. The molecule has 0 N–H and O–H groups in total. The van der Waals surface area contributed by atoms with E-state index in [-0.39, 0.29) is 56.8 Å². The Balaban J connectivity index is 1.62. The second-order valence-corrected chi connectivity index (χ2v) is 9.81. The number of hydrogen-bond donors (Lipinski definition) is 0. The molecule has 186 valence electrons. The summed E-state index contributed by atoms with van der Waals surface area (Å²) in [6.07, 6.45) is 0. The molecule has 40 heavy (non-hydrogen) atoms. The highest BCUT2D eigenvalue weighted by Gasteiger charge is 2.22. The van der Waals surface area contributed by atoms with E-state index in [0.717, 1.165) is 16.2 Å². The second-order valence-electron chi connectivity index (χ2n) is 9.81. The standard InChI is InChI=1S/C38H22O2/c1-3-14-26-24(12-1)35(30-18-10-22-34-37(30)29-16-6-8-21-33(29)39-34)25-13-2-4-15-27(25)36(26)31-19-9-17-28-23-11-5-7-20-32(23)40-38(28)31/h1-22H/i1D,2D,3D,4D,12D,13D,14D,15D. The molecule has 0 saturated carbocycles. The first-order valence-electron chi connectivity index (χ1n) is 17.0. The molecule has 2 heteroatoms. The van der Waals surface area contributed by atoms with Crippen molar-refractivity contribution in [3.63, 3.8) is 0 Å². The predicted molar refractivity (Wildman–Crippen MR) is 167 cm³/mol. The molecule has 0 saturated heterocycles. The van der Waals surface area contributed by atoms with Crippen LogP contribution in [0.4, 0.5) is 0 Å². The van der Waals surface area contributed by atoms with Crippen LogP contribution in [0.2, 0.25) is 0 Å². The van der Waals surface area contributed by atoms with Gasteiger partial charge in [-0.3, -0.25) is 0 Å². The molecule has 2 heterocycles. The van der Waals surface area contributed by atoms with E-state index in [1.807, 2.05) is 66.7 Å². The van der Waals surface area contributed by atoms with Gasteiger partial charge in [-0.05, 0) is 50.9 Å². The van der Waals surface area contributed by atoms with Crippen LogP contribution in [0.3, 0.4) is 0 Å². The zero-order chi connectivity index (χ0) is 33.2. The third-order valence-corrected chi connectivity index (χ3v) is 7.72. The van der Waals surface area contributed by atoms with Crippen molar-refractivity contribution in [2.45, 2.75) is 0 Å². The van der Waals surface area contributed by atoms with Crippen molar-refractivity contribution in [1.82, 2.24) is 0 Å². The topological polar surface area (TPSA) is 26.3 Å². The van der Waals surface area contributed by atoms with Gasteiger partial charge in [0.2, 0.25) is 0 Å². The number of rotatable bonds is 2.